The third kappa shape index (κ3) is 4.80. The second kappa shape index (κ2) is 8.62. The van der Waals surface area contributed by atoms with Crippen molar-refractivity contribution >= 4 is 33.6 Å². The van der Waals surface area contributed by atoms with Crippen molar-refractivity contribution in [1.82, 2.24) is 15.3 Å². The van der Waals surface area contributed by atoms with Gasteiger partial charge in [-0.15, -0.1) is 0 Å². The van der Waals surface area contributed by atoms with Gasteiger partial charge in [-0.1, -0.05) is 45.9 Å². The van der Waals surface area contributed by atoms with Gasteiger partial charge in [0.1, 0.15) is 0 Å². The van der Waals surface area contributed by atoms with E-state index in [1.807, 2.05) is 51.3 Å². The number of halogens is 1. The third-order valence-electron chi connectivity index (χ3n) is 3.93. The highest BCUT2D eigenvalue weighted by atomic mass is 79.9. The predicted molar refractivity (Wildman–Crippen MR) is 102 cm³/mol. The van der Waals surface area contributed by atoms with E-state index in [0.29, 0.717) is 12.8 Å². The van der Waals surface area contributed by atoms with E-state index in [2.05, 4.69) is 31.2 Å². The molecule has 4 nitrogen and oxygen atoms in total. The first-order valence-corrected chi connectivity index (χ1v) is 9.86. The molecule has 1 N–H and O–H groups in total. The monoisotopic (exact) mass is 407 g/mol. The molecule has 0 aliphatic heterocycles. The molecular formula is C18H22BrN3OS. The van der Waals surface area contributed by atoms with Crippen LogP contribution in [0.3, 0.4) is 0 Å². The molecule has 0 fully saturated rings. The fourth-order valence-electron chi connectivity index (χ4n) is 2.62. The number of hydrogen-bond acceptors (Lipinski definition) is 4. The van der Waals surface area contributed by atoms with Crippen LogP contribution in [0.5, 0.6) is 0 Å². The molecule has 6 heteroatoms. The molecule has 0 radical (unpaired) electrons. The number of aryl methyl sites for hydroxylation is 2. The maximum Gasteiger partial charge on any atom is 0.220 e. The van der Waals surface area contributed by atoms with Crippen molar-refractivity contribution in [3.8, 4) is 0 Å². The molecule has 0 spiro atoms. The number of amides is 1. The van der Waals surface area contributed by atoms with Crippen molar-refractivity contribution in [3.63, 3.8) is 0 Å². The van der Waals surface area contributed by atoms with Crippen molar-refractivity contribution in [2.75, 3.05) is 6.26 Å². The number of benzene rings is 1. The van der Waals surface area contributed by atoms with Crippen LogP contribution >= 0.6 is 27.7 Å². The van der Waals surface area contributed by atoms with Gasteiger partial charge in [0, 0.05) is 22.3 Å². The van der Waals surface area contributed by atoms with Gasteiger partial charge in [0.05, 0.1) is 6.04 Å². The molecule has 0 unspecified atom stereocenters. The summed E-state index contributed by atoms with van der Waals surface area (Å²) in [6.45, 7) is 5.95. The van der Waals surface area contributed by atoms with Gasteiger partial charge < -0.3 is 5.32 Å². The zero-order valence-electron chi connectivity index (χ0n) is 14.4. The molecule has 1 heterocycles. The SMILES string of the molecule is CSc1nc(C)c(CCC(=O)N[C@H](C)c2ccccc2Br)c(C)n1. The third-order valence-corrected chi connectivity index (χ3v) is 5.20. The van der Waals surface area contributed by atoms with Gasteiger partial charge in [-0.25, -0.2) is 9.97 Å². The van der Waals surface area contributed by atoms with Crippen molar-refractivity contribution in [1.29, 1.82) is 0 Å². The molecule has 0 saturated carbocycles. The lowest BCUT2D eigenvalue weighted by Gasteiger charge is -2.16. The minimum Gasteiger partial charge on any atom is -0.350 e. The Labute approximate surface area is 156 Å². The summed E-state index contributed by atoms with van der Waals surface area (Å²) >= 11 is 5.06. The number of aromatic nitrogens is 2. The number of nitrogens with zero attached hydrogens (tertiary/aromatic N) is 2. The molecule has 1 amide bonds. The first-order valence-electron chi connectivity index (χ1n) is 7.84. The summed E-state index contributed by atoms with van der Waals surface area (Å²) in [5.74, 6) is 0.0333. The predicted octanol–water partition coefficient (Wildman–Crippen LogP) is 4.39. The summed E-state index contributed by atoms with van der Waals surface area (Å²) in [6.07, 6.45) is 3.05. The number of carbonyl (C=O) groups excluding carboxylic acids is 1. The van der Waals surface area contributed by atoms with E-state index in [1.165, 1.54) is 11.8 Å². The zero-order chi connectivity index (χ0) is 17.7. The normalized spacial score (nSPS) is 12.0. The van der Waals surface area contributed by atoms with E-state index in [4.69, 9.17) is 0 Å². The standard InChI is InChI=1S/C18H22BrN3OS/c1-11-14(12(2)22-18(21-11)24-4)9-10-17(23)20-13(3)15-7-5-6-8-16(15)19/h5-8,13H,9-10H2,1-4H3,(H,20,23)/t13-/m1/s1. The minimum atomic E-state index is -0.0367. The van der Waals surface area contributed by atoms with Crippen molar-refractivity contribution in [2.24, 2.45) is 0 Å². The topological polar surface area (TPSA) is 54.9 Å². The molecule has 1 aromatic heterocycles. The second-order valence-corrected chi connectivity index (χ2v) is 7.30. The van der Waals surface area contributed by atoms with Crippen molar-refractivity contribution in [3.05, 3.63) is 51.3 Å². The van der Waals surface area contributed by atoms with Gasteiger partial charge >= 0.3 is 0 Å². The quantitative estimate of drug-likeness (QED) is 0.569. The van der Waals surface area contributed by atoms with Gasteiger partial charge in [0.25, 0.3) is 0 Å². The molecule has 128 valence electrons. The van der Waals surface area contributed by atoms with Crippen LogP contribution in [-0.2, 0) is 11.2 Å². The van der Waals surface area contributed by atoms with Crippen LogP contribution in [0.15, 0.2) is 33.9 Å². The summed E-state index contributed by atoms with van der Waals surface area (Å²) in [5, 5.41) is 3.83. The Morgan fingerprint density at radius 3 is 2.46 bits per heavy atom. The molecule has 0 aliphatic rings. The summed E-state index contributed by atoms with van der Waals surface area (Å²) in [6, 6.07) is 7.89. The Morgan fingerprint density at radius 2 is 1.88 bits per heavy atom. The first-order chi connectivity index (χ1) is 11.4. The molecule has 2 rings (SSSR count). The minimum absolute atomic E-state index is 0.0333. The zero-order valence-corrected chi connectivity index (χ0v) is 16.8. The lowest BCUT2D eigenvalue weighted by molar-refractivity contribution is -0.121. The number of nitrogens with one attached hydrogen (secondary N) is 1. The van der Waals surface area contributed by atoms with E-state index in [9.17, 15) is 4.79 Å². The van der Waals surface area contributed by atoms with Crippen molar-refractivity contribution in [2.45, 2.75) is 44.8 Å². The van der Waals surface area contributed by atoms with Crippen molar-refractivity contribution < 1.29 is 4.79 Å². The molecule has 0 aliphatic carbocycles. The fourth-order valence-corrected chi connectivity index (χ4v) is 3.70. The van der Waals surface area contributed by atoms with Gasteiger partial charge in [0.15, 0.2) is 5.16 Å². The Bertz CT molecular complexity index is 713. The highest BCUT2D eigenvalue weighted by Gasteiger charge is 2.14. The summed E-state index contributed by atoms with van der Waals surface area (Å²) < 4.78 is 1.01. The van der Waals surface area contributed by atoms with Crippen LogP contribution in [0, 0.1) is 13.8 Å². The molecule has 0 saturated heterocycles. The van der Waals surface area contributed by atoms with E-state index < -0.39 is 0 Å². The van der Waals surface area contributed by atoms with Gasteiger partial charge in [-0.05, 0) is 50.6 Å². The van der Waals surface area contributed by atoms with Crippen LogP contribution in [-0.4, -0.2) is 22.1 Å². The van der Waals surface area contributed by atoms with Gasteiger partial charge in [-0.2, -0.15) is 0 Å². The largest absolute Gasteiger partial charge is 0.350 e. The van der Waals surface area contributed by atoms with Crippen LogP contribution in [0.4, 0.5) is 0 Å². The average Bonchev–Trinajstić information content (AvgIpc) is 2.54. The van der Waals surface area contributed by atoms with E-state index >= 15 is 0 Å². The van der Waals surface area contributed by atoms with Gasteiger partial charge in [0.2, 0.25) is 5.91 Å². The molecular weight excluding hydrogens is 386 g/mol. The maximum atomic E-state index is 12.3. The molecule has 24 heavy (non-hydrogen) atoms. The molecule has 1 atom stereocenters. The lowest BCUT2D eigenvalue weighted by Crippen LogP contribution is -2.27. The summed E-state index contributed by atoms with van der Waals surface area (Å²) in [4.78, 5) is 21.2. The first kappa shape index (κ1) is 18.9. The number of hydrogen-bond donors (Lipinski definition) is 1. The summed E-state index contributed by atoms with van der Waals surface area (Å²) in [5.41, 5.74) is 4.05. The maximum absolute atomic E-state index is 12.3. The Balaban J connectivity index is 1.98. The fraction of sp³-hybridized carbons (Fsp3) is 0.389. The molecule has 2 aromatic rings. The highest BCUT2D eigenvalue weighted by Crippen LogP contribution is 2.23. The highest BCUT2D eigenvalue weighted by molar-refractivity contribution is 9.10. The van der Waals surface area contributed by atoms with Crippen LogP contribution in [0.25, 0.3) is 0 Å². The van der Waals surface area contributed by atoms with Crippen LogP contribution < -0.4 is 5.32 Å². The van der Waals surface area contributed by atoms with E-state index in [1.54, 1.807) is 0 Å². The smallest absolute Gasteiger partial charge is 0.220 e. The van der Waals surface area contributed by atoms with Crippen LogP contribution in [0.1, 0.15) is 41.9 Å². The molecule has 0 bridgehead atoms. The average molecular weight is 408 g/mol. The Kier molecular flexibility index (Phi) is 6.80. The number of carbonyl (C=O) groups is 1. The Morgan fingerprint density at radius 1 is 1.25 bits per heavy atom. The van der Waals surface area contributed by atoms with E-state index in [-0.39, 0.29) is 11.9 Å². The lowest BCUT2D eigenvalue weighted by atomic mass is 10.1. The Hall–Kier alpha value is -1.40. The molecule has 1 aromatic carbocycles. The van der Waals surface area contributed by atoms with Crippen LogP contribution in [0.2, 0.25) is 0 Å². The number of thioether (sulfide) groups is 1. The number of rotatable bonds is 6. The summed E-state index contributed by atoms with van der Waals surface area (Å²) in [7, 11) is 0. The second-order valence-electron chi connectivity index (χ2n) is 5.67. The van der Waals surface area contributed by atoms with E-state index in [0.717, 1.165) is 32.1 Å². The van der Waals surface area contributed by atoms with Gasteiger partial charge in [-0.3, -0.25) is 4.79 Å².